The first-order valence-corrected chi connectivity index (χ1v) is 7.39. The third-order valence-electron chi connectivity index (χ3n) is 2.48. The lowest BCUT2D eigenvalue weighted by Gasteiger charge is -2.19. The third kappa shape index (κ3) is 9.59. The molecule has 9 nitrogen and oxygen atoms in total. The number of hydrogen-bond donors (Lipinski definition) is 1. The molecule has 0 aliphatic rings. The molecule has 0 bridgehead atoms. The molecule has 0 radical (unpaired) electrons. The molecule has 0 aliphatic carbocycles. The number of nitroso groups, excluding NO2 is 1. The molecule has 1 amide bonds. The second-order valence-electron chi connectivity index (χ2n) is 5.71. The zero-order valence-corrected chi connectivity index (χ0v) is 13.8. The summed E-state index contributed by atoms with van der Waals surface area (Å²) in [6, 6.07) is 0. The zero-order chi connectivity index (χ0) is 17.1. The van der Waals surface area contributed by atoms with Gasteiger partial charge in [0, 0.05) is 6.54 Å². The number of nitrogens with zero attached hydrogens (tertiary/aromatic N) is 3. The van der Waals surface area contributed by atoms with Crippen LogP contribution in [0.25, 0.3) is 0 Å². The minimum Gasteiger partial charge on any atom is -0.444 e. The first-order chi connectivity index (χ1) is 10.9. The second-order valence-corrected chi connectivity index (χ2v) is 5.71. The Kier molecular flexibility index (Phi) is 8.20. The Labute approximate surface area is 135 Å². The Hall–Kier alpha value is -2.00. The predicted octanol–water partition coefficient (Wildman–Crippen LogP) is 1.84. The van der Waals surface area contributed by atoms with Crippen molar-refractivity contribution in [2.75, 3.05) is 33.0 Å². The quantitative estimate of drug-likeness (QED) is 0.519. The average Bonchev–Trinajstić information content (AvgIpc) is 2.91. The number of hydrogen-bond acceptors (Lipinski definition) is 7. The number of nitrogens with one attached hydrogen (secondary N) is 1. The van der Waals surface area contributed by atoms with Crippen LogP contribution >= 0.6 is 0 Å². The molecule has 1 rings (SSSR count). The molecule has 9 heteroatoms. The van der Waals surface area contributed by atoms with Gasteiger partial charge in [-0.15, -0.1) is 4.91 Å². The predicted molar refractivity (Wildman–Crippen MR) is 83.6 cm³/mol. The van der Waals surface area contributed by atoms with E-state index in [0.717, 1.165) is 0 Å². The van der Waals surface area contributed by atoms with Gasteiger partial charge in [0.1, 0.15) is 11.3 Å². The average molecular weight is 328 g/mol. The maximum atomic E-state index is 11.3. The monoisotopic (exact) mass is 328 g/mol. The van der Waals surface area contributed by atoms with Gasteiger partial charge in [-0.1, -0.05) is 0 Å². The van der Waals surface area contributed by atoms with E-state index in [4.69, 9.17) is 14.2 Å². The molecular formula is C14H24N4O5. The fourth-order valence-electron chi connectivity index (χ4n) is 1.54. The molecule has 23 heavy (non-hydrogen) atoms. The molecular weight excluding hydrogens is 304 g/mol. The van der Waals surface area contributed by atoms with E-state index in [-0.39, 0.29) is 0 Å². The minimum absolute atomic E-state index is 0.297. The van der Waals surface area contributed by atoms with Crippen LogP contribution in [0.1, 0.15) is 20.8 Å². The number of carbonyl (C=O) groups excluding carboxylic acids is 1. The van der Waals surface area contributed by atoms with Crippen LogP contribution < -0.4 is 5.32 Å². The van der Waals surface area contributed by atoms with Crippen LogP contribution in [0.3, 0.4) is 0 Å². The van der Waals surface area contributed by atoms with E-state index in [0.29, 0.717) is 45.2 Å². The van der Waals surface area contributed by atoms with Crippen molar-refractivity contribution < 1.29 is 19.0 Å². The molecule has 0 fully saturated rings. The number of ether oxygens (including phenoxy) is 3. The number of aromatic nitrogens is 2. The molecule has 0 unspecified atom stereocenters. The largest absolute Gasteiger partial charge is 0.444 e. The maximum Gasteiger partial charge on any atom is 0.407 e. The number of carbonyl (C=O) groups is 1. The summed E-state index contributed by atoms with van der Waals surface area (Å²) in [6.07, 6.45) is 2.49. The lowest BCUT2D eigenvalue weighted by Crippen LogP contribution is -2.34. The van der Waals surface area contributed by atoms with Crippen molar-refractivity contribution in [2.24, 2.45) is 5.18 Å². The Balaban J connectivity index is 1.91. The molecule has 1 N–H and O–H groups in total. The highest BCUT2D eigenvalue weighted by atomic mass is 16.6. The van der Waals surface area contributed by atoms with Gasteiger partial charge in [-0.05, 0) is 25.9 Å². The van der Waals surface area contributed by atoms with Gasteiger partial charge in [0.05, 0.1) is 45.4 Å². The summed E-state index contributed by atoms with van der Waals surface area (Å²) in [6.45, 7) is 8.04. The van der Waals surface area contributed by atoms with Crippen molar-refractivity contribution in [3.05, 3.63) is 17.3 Å². The summed E-state index contributed by atoms with van der Waals surface area (Å²) < 4.78 is 17.4. The lowest BCUT2D eigenvalue weighted by atomic mass is 10.2. The second kappa shape index (κ2) is 9.90. The van der Waals surface area contributed by atoms with Gasteiger partial charge in [0.15, 0.2) is 0 Å². The normalized spacial score (nSPS) is 11.3. The van der Waals surface area contributed by atoms with Crippen molar-refractivity contribution in [2.45, 2.75) is 32.9 Å². The van der Waals surface area contributed by atoms with E-state index >= 15 is 0 Å². The van der Waals surface area contributed by atoms with E-state index in [1.807, 2.05) is 0 Å². The van der Waals surface area contributed by atoms with Gasteiger partial charge in [-0.25, -0.2) is 4.79 Å². The van der Waals surface area contributed by atoms with Crippen LogP contribution in [0.15, 0.2) is 17.6 Å². The van der Waals surface area contributed by atoms with E-state index < -0.39 is 11.7 Å². The SMILES string of the molecule is CC(C)(C)OC(=O)NCCOCCOCCn1cc(N=O)cn1. The highest BCUT2D eigenvalue weighted by Crippen LogP contribution is 2.07. The first kappa shape index (κ1) is 19.0. The van der Waals surface area contributed by atoms with Crippen molar-refractivity contribution in [1.82, 2.24) is 15.1 Å². The van der Waals surface area contributed by atoms with Gasteiger partial charge < -0.3 is 19.5 Å². The van der Waals surface area contributed by atoms with Gasteiger partial charge in [0.25, 0.3) is 0 Å². The van der Waals surface area contributed by atoms with Gasteiger partial charge in [-0.3, -0.25) is 4.68 Å². The van der Waals surface area contributed by atoms with Crippen molar-refractivity contribution in [1.29, 1.82) is 0 Å². The van der Waals surface area contributed by atoms with E-state index in [1.54, 1.807) is 31.6 Å². The molecule has 1 aromatic rings. The highest BCUT2D eigenvalue weighted by molar-refractivity contribution is 5.67. The van der Waals surface area contributed by atoms with E-state index in [2.05, 4.69) is 15.6 Å². The fraction of sp³-hybridized carbons (Fsp3) is 0.714. The number of amides is 1. The molecule has 0 saturated carbocycles. The van der Waals surface area contributed by atoms with Crippen LogP contribution in [0.2, 0.25) is 0 Å². The topological polar surface area (TPSA) is 104 Å². The summed E-state index contributed by atoms with van der Waals surface area (Å²) in [5, 5.41) is 9.32. The first-order valence-electron chi connectivity index (χ1n) is 7.39. The van der Waals surface area contributed by atoms with Gasteiger partial charge in [-0.2, -0.15) is 5.10 Å². The standard InChI is InChI=1S/C14H24N4O5/c1-14(2,3)23-13(19)15-4-6-21-8-9-22-7-5-18-11-12(17-20)10-16-18/h10-11H,4-9H2,1-3H3,(H,15,19). The van der Waals surface area contributed by atoms with Crippen molar-refractivity contribution in [3.8, 4) is 0 Å². The number of rotatable bonds is 10. The Morgan fingerprint density at radius 1 is 1.26 bits per heavy atom. The molecule has 0 saturated heterocycles. The van der Waals surface area contributed by atoms with Crippen LogP contribution in [0.5, 0.6) is 0 Å². The van der Waals surface area contributed by atoms with Gasteiger partial charge in [0.2, 0.25) is 0 Å². The van der Waals surface area contributed by atoms with Crippen LogP contribution in [0, 0.1) is 4.91 Å². The summed E-state index contributed by atoms with van der Waals surface area (Å²) in [7, 11) is 0. The zero-order valence-electron chi connectivity index (χ0n) is 13.8. The minimum atomic E-state index is -0.504. The van der Waals surface area contributed by atoms with Crippen LogP contribution in [-0.4, -0.2) is 54.4 Å². The molecule has 130 valence electrons. The molecule has 0 spiro atoms. The third-order valence-corrected chi connectivity index (χ3v) is 2.48. The lowest BCUT2D eigenvalue weighted by molar-refractivity contribution is 0.0378. The fourth-order valence-corrected chi connectivity index (χ4v) is 1.54. The molecule has 1 aromatic heterocycles. The van der Waals surface area contributed by atoms with Crippen molar-refractivity contribution >= 4 is 11.8 Å². The summed E-state index contributed by atoms with van der Waals surface area (Å²) >= 11 is 0. The van der Waals surface area contributed by atoms with Crippen LogP contribution in [-0.2, 0) is 20.8 Å². The molecule has 0 aliphatic heterocycles. The Bertz CT molecular complexity index is 484. The Morgan fingerprint density at radius 2 is 1.96 bits per heavy atom. The molecule has 1 heterocycles. The van der Waals surface area contributed by atoms with Crippen molar-refractivity contribution in [3.63, 3.8) is 0 Å². The summed E-state index contributed by atoms with van der Waals surface area (Å²) in [5.74, 6) is 0. The molecule has 0 aromatic carbocycles. The van der Waals surface area contributed by atoms with E-state index in [1.165, 1.54) is 6.20 Å². The highest BCUT2D eigenvalue weighted by Gasteiger charge is 2.15. The number of alkyl carbamates (subject to hydrolysis) is 1. The summed E-state index contributed by atoms with van der Waals surface area (Å²) in [5.41, 5.74) is -0.207. The summed E-state index contributed by atoms with van der Waals surface area (Å²) in [4.78, 5) is 21.6. The smallest absolute Gasteiger partial charge is 0.407 e. The maximum absolute atomic E-state index is 11.3. The Morgan fingerprint density at radius 3 is 2.57 bits per heavy atom. The van der Waals surface area contributed by atoms with Crippen LogP contribution in [0.4, 0.5) is 10.5 Å². The molecule has 0 atom stereocenters. The van der Waals surface area contributed by atoms with E-state index in [9.17, 15) is 9.70 Å². The van der Waals surface area contributed by atoms with Gasteiger partial charge >= 0.3 is 6.09 Å².